The smallest absolute Gasteiger partial charge is 0.137 e. The maximum absolute atomic E-state index is 4.62. The van der Waals surface area contributed by atoms with Crippen LogP contribution in [0.3, 0.4) is 0 Å². The molecular formula is C15H21N3. The number of fused-ring (bicyclic) bond motifs is 1. The Morgan fingerprint density at radius 1 is 1.44 bits per heavy atom. The van der Waals surface area contributed by atoms with Crippen LogP contribution in [0.15, 0.2) is 30.6 Å². The van der Waals surface area contributed by atoms with Crippen LogP contribution in [0.1, 0.15) is 38.8 Å². The highest BCUT2D eigenvalue weighted by Gasteiger charge is 2.33. The lowest BCUT2D eigenvalue weighted by Crippen LogP contribution is -2.37. The Labute approximate surface area is 108 Å². The van der Waals surface area contributed by atoms with Crippen LogP contribution in [0.5, 0.6) is 0 Å². The molecule has 0 saturated heterocycles. The van der Waals surface area contributed by atoms with Crippen molar-refractivity contribution in [1.29, 1.82) is 0 Å². The van der Waals surface area contributed by atoms with Crippen molar-refractivity contribution in [2.24, 2.45) is 5.41 Å². The Morgan fingerprint density at radius 2 is 2.33 bits per heavy atom. The zero-order valence-corrected chi connectivity index (χ0v) is 11.2. The van der Waals surface area contributed by atoms with Crippen LogP contribution in [0.25, 0.3) is 5.65 Å². The van der Waals surface area contributed by atoms with Crippen molar-refractivity contribution in [2.45, 2.75) is 45.7 Å². The molecule has 1 N–H and O–H groups in total. The van der Waals surface area contributed by atoms with E-state index in [1.54, 1.807) is 0 Å². The summed E-state index contributed by atoms with van der Waals surface area (Å²) in [4.78, 5) is 4.62. The van der Waals surface area contributed by atoms with Crippen LogP contribution in [-0.4, -0.2) is 15.4 Å². The zero-order chi connectivity index (χ0) is 12.6. The van der Waals surface area contributed by atoms with Crippen molar-refractivity contribution in [2.75, 3.05) is 0 Å². The molecule has 1 unspecified atom stereocenters. The minimum absolute atomic E-state index is 0.430. The Kier molecular flexibility index (Phi) is 2.86. The molecule has 1 fully saturated rings. The minimum atomic E-state index is 0.430. The summed E-state index contributed by atoms with van der Waals surface area (Å²) < 4.78 is 2.08. The summed E-state index contributed by atoms with van der Waals surface area (Å²) in [5.74, 6) is 0. The van der Waals surface area contributed by atoms with E-state index in [1.807, 2.05) is 24.4 Å². The number of hydrogen-bond acceptors (Lipinski definition) is 2. The Balaban J connectivity index is 1.69. The molecule has 18 heavy (non-hydrogen) atoms. The fourth-order valence-electron chi connectivity index (χ4n) is 3.01. The molecule has 96 valence electrons. The Bertz CT molecular complexity index is 508. The van der Waals surface area contributed by atoms with E-state index in [0.29, 0.717) is 11.5 Å². The Morgan fingerprint density at radius 3 is 3.06 bits per heavy atom. The molecule has 1 aliphatic carbocycles. The molecule has 2 heterocycles. The van der Waals surface area contributed by atoms with E-state index in [1.165, 1.54) is 19.3 Å². The molecule has 0 radical (unpaired) electrons. The number of nitrogens with one attached hydrogen (secondary N) is 1. The van der Waals surface area contributed by atoms with Crippen molar-refractivity contribution >= 4 is 5.65 Å². The number of rotatable bonds is 3. The summed E-state index contributed by atoms with van der Waals surface area (Å²) in [5.41, 5.74) is 2.59. The van der Waals surface area contributed by atoms with E-state index >= 15 is 0 Å². The molecule has 1 saturated carbocycles. The van der Waals surface area contributed by atoms with Crippen LogP contribution in [-0.2, 0) is 6.54 Å². The predicted molar refractivity (Wildman–Crippen MR) is 73.5 cm³/mol. The average Bonchev–Trinajstić information content (AvgIpc) is 2.89. The monoisotopic (exact) mass is 243 g/mol. The van der Waals surface area contributed by atoms with Gasteiger partial charge >= 0.3 is 0 Å². The van der Waals surface area contributed by atoms with Gasteiger partial charge in [0.2, 0.25) is 0 Å². The third-order valence-electron chi connectivity index (χ3n) is 4.20. The summed E-state index contributed by atoms with van der Waals surface area (Å²) in [5, 5.41) is 3.67. The second kappa shape index (κ2) is 4.39. The number of imidazole rings is 1. The second-order valence-corrected chi connectivity index (χ2v) is 6.01. The lowest BCUT2D eigenvalue weighted by molar-refractivity contribution is 0.282. The lowest BCUT2D eigenvalue weighted by atomic mass is 9.87. The lowest BCUT2D eigenvalue weighted by Gasteiger charge is -2.27. The summed E-state index contributed by atoms with van der Waals surface area (Å²) in [6, 6.07) is 6.73. The second-order valence-electron chi connectivity index (χ2n) is 6.01. The van der Waals surface area contributed by atoms with E-state index in [4.69, 9.17) is 0 Å². The topological polar surface area (TPSA) is 29.3 Å². The van der Waals surface area contributed by atoms with E-state index in [-0.39, 0.29) is 0 Å². The van der Waals surface area contributed by atoms with Crippen molar-refractivity contribution in [3.05, 3.63) is 36.3 Å². The summed E-state index contributed by atoms with van der Waals surface area (Å²) >= 11 is 0. The summed E-state index contributed by atoms with van der Waals surface area (Å²) in [6.07, 6.45) is 8.13. The van der Waals surface area contributed by atoms with E-state index in [2.05, 4.69) is 34.7 Å². The largest absolute Gasteiger partial charge is 0.308 e. The maximum atomic E-state index is 4.62. The molecule has 1 aliphatic rings. The molecule has 3 heteroatoms. The third-order valence-corrected chi connectivity index (χ3v) is 4.20. The van der Waals surface area contributed by atoms with Gasteiger partial charge in [-0.2, -0.15) is 0 Å². The predicted octanol–water partition coefficient (Wildman–Crippen LogP) is 3.00. The van der Waals surface area contributed by atoms with Crippen LogP contribution < -0.4 is 5.32 Å². The van der Waals surface area contributed by atoms with Gasteiger partial charge in [-0.1, -0.05) is 26.3 Å². The molecule has 3 rings (SSSR count). The van der Waals surface area contributed by atoms with Gasteiger partial charge in [-0.25, -0.2) is 4.98 Å². The molecule has 2 aromatic rings. The molecule has 0 aromatic carbocycles. The van der Waals surface area contributed by atoms with Crippen LogP contribution >= 0.6 is 0 Å². The molecule has 3 nitrogen and oxygen atoms in total. The van der Waals surface area contributed by atoms with Crippen molar-refractivity contribution in [1.82, 2.24) is 14.7 Å². The number of hydrogen-bond donors (Lipinski definition) is 1. The average molecular weight is 243 g/mol. The van der Waals surface area contributed by atoms with Crippen molar-refractivity contribution < 1.29 is 0 Å². The van der Waals surface area contributed by atoms with Gasteiger partial charge in [0.25, 0.3) is 0 Å². The van der Waals surface area contributed by atoms with Gasteiger partial charge in [0, 0.05) is 25.0 Å². The third kappa shape index (κ3) is 2.15. The van der Waals surface area contributed by atoms with Crippen LogP contribution in [0.4, 0.5) is 0 Å². The first-order chi connectivity index (χ1) is 8.65. The van der Waals surface area contributed by atoms with Gasteiger partial charge in [0.15, 0.2) is 0 Å². The first-order valence-electron chi connectivity index (χ1n) is 6.81. The van der Waals surface area contributed by atoms with Gasteiger partial charge in [0.1, 0.15) is 5.65 Å². The first-order valence-corrected chi connectivity index (χ1v) is 6.81. The zero-order valence-electron chi connectivity index (χ0n) is 11.2. The molecule has 0 amide bonds. The minimum Gasteiger partial charge on any atom is -0.308 e. The van der Waals surface area contributed by atoms with Crippen LogP contribution in [0, 0.1) is 5.41 Å². The number of nitrogens with zero attached hydrogens (tertiary/aromatic N) is 2. The molecular weight excluding hydrogens is 222 g/mol. The Hall–Kier alpha value is -1.35. The molecule has 0 spiro atoms. The molecule has 0 aliphatic heterocycles. The standard InChI is InChI=1S/C15H21N3/c1-15(2)8-5-6-13(15)16-10-12-11-18-9-4-3-7-14(18)17-12/h3-4,7,9,11,13,16H,5-6,8,10H2,1-2H3. The van der Waals surface area contributed by atoms with E-state index in [9.17, 15) is 0 Å². The van der Waals surface area contributed by atoms with E-state index in [0.717, 1.165) is 17.9 Å². The van der Waals surface area contributed by atoms with Gasteiger partial charge in [-0.05, 0) is 30.4 Å². The van der Waals surface area contributed by atoms with Gasteiger partial charge in [-0.15, -0.1) is 0 Å². The molecule has 2 aromatic heterocycles. The highest BCUT2D eigenvalue weighted by Crippen LogP contribution is 2.37. The summed E-state index contributed by atoms with van der Waals surface area (Å²) in [6.45, 7) is 5.60. The van der Waals surface area contributed by atoms with Crippen molar-refractivity contribution in [3.63, 3.8) is 0 Å². The molecule has 0 bridgehead atoms. The normalized spacial score (nSPS) is 22.7. The number of aromatic nitrogens is 2. The van der Waals surface area contributed by atoms with Crippen molar-refractivity contribution in [3.8, 4) is 0 Å². The summed E-state index contributed by atoms with van der Waals surface area (Å²) in [7, 11) is 0. The van der Waals surface area contributed by atoms with Crippen LogP contribution in [0.2, 0.25) is 0 Å². The van der Waals surface area contributed by atoms with Gasteiger partial charge in [0.05, 0.1) is 5.69 Å². The maximum Gasteiger partial charge on any atom is 0.137 e. The SMILES string of the molecule is CC1(C)CCCC1NCc1cn2ccccc2n1. The quantitative estimate of drug-likeness (QED) is 0.898. The van der Waals surface area contributed by atoms with Gasteiger partial charge < -0.3 is 9.72 Å². The highest BCUT2D eigenvalue weighted by atomic mass is 15.0. The fraction of sp³-hybridized carbons (Fsp3) is 0.533. The highest BCUT2D eigenvalue weighted by molar-refractivity contribution is 5.39. The molecule has 1 atom stereocenters. The fourth-order valence-corrected chi connectivity index (χ4v) is 3.01. The first kappa shape index (κ1) is 11.7. The van der Waals surface area contributed by atoms with Gasteiger partial charge in [-0.3, -0.25) is 0 Å². The van der Waals surface area contributed by atoms with E-state index < -0.39 is 0 Å². The number of pyridine rings is 1.